The fourth-order valence-electron chi connectivity index (χ4n) is 6.52. The number of unbranched alkanes of at least 4 members (excludes halogenated alkanes) is 1. The minimum absolute atomic E-state index is 0.0795. The van der Waals surface area contributed by atoms with Crippen molar-refractivity contribution in [3.63, 3.8) is 0 Å². The van der Waals surface area contributed by atoms with Crippen LogP contribution in [0.1, 0.15) is 65.5 Å². The van der Waals surface area contributed by atoms with E-state index in [4.69, 9.17) is 16.3 Å². The number of halogens is 1. The molecule has 3 nitrogen and oxygen atoms in total. The highest BCUT2D eigenvalue weighted by Crippen LogP contribution is 2.51. The minimum atomic E-state index is -0.170. The van der Waals surface area contributed by atoms with Crippen molar-refractivity contribution in [3.8, 4) is 0 Å². The molecule has 2 aliphatic heterocycles. The summed E-state index contributed by atoms with van der Waals surface area (Å²) >= 11 is 6.42. The number of anilines is 1. The molecule has 0 radical (unpaired) electrons. The van der Waals surface area contributed by atoms with Gasteiger partial charge < -0.3 is 9.64 Å². The van der Waals surface area contributed by atoms with Gasteiger partial charge in [0.15, 0.2) is 5.71 Å². The van der Waals surface area contributed by atoms with Crippen molar-refractivity contribution in [1.82, 2.24) is 0 Å². The molecule has 208 valence electrons. The molecule has 0 spiro atoms. The molecule has 5 rings (SSSR count). The lowest BCUT2D eigenvalue weighted by atomic mass is 9.81. The maximum absolute atomic E-state index is 6.42. The summed E-state index contributed by atoms with van der Waals surface area (Å²) in [5.74, 6) is 0. The van der Waals surface area contributed by atoms with Crippen molar-refractivity contribution in [2.24, 2.45) is 0 Å². The normalized spacial score (nSPS) is 19.4. The van der Waals surface area contributed by atoms with Gasteiger partial charge in [-0.25, -0.2) is 0 Å². The molecule has 0 N–H and O–H groups in total. The Morgan fingerprint density at radius 1 is 0.975 bits per heavy atom. The van der Waals surface area contributed by atoms with Crippen molar-refractivity contribution in [2.45, 2.75) is 71.4 Å². The first-order valence-electron chi connectivity index (χ1n) is 14.5. The second-order valence-corrected chi connectivity index (χ2v) is 12.4. The SMILES string of the molecule is CCCC[N+]1=C(/C=C/C=C/C=C2/N(C(C)OC)c3ccc4ccccc4c3C2(C)C)C(C)(C)c2cc(Cl)ccc21. The fraction of sp³-hybridized carbons (Fsp3) is 0.361. The van der Waals surface area contributed by atoms with Crippen molar-refractivity contribution >= 4 is 39.5 Å². The Morgan fingerprint density at radius 3 is 2.50 bits per heavy atom. The van der Waals surface area contributed by atoms with Gasteiger partial charge in [0.05, 0.1) is 5.41 Å². The van der Waals surface area contributed by atoms with Gasteiger partial charge in [0.25, 0.3) is 0 Å². The molecule has 3 aromatic rings. The van der Waals surface area contributed by atoms with Crippen molar-refractivity contribution < 1.29 is 9.31 Å². The lowest BCUT2D eigenvalue weighted by molar-refractivity contribution is -0.438. The van der Waals surface area contributed by atoms with E-state index >= 15 is 0 Å². The molecule has 2 aliphatic rings. The highest BCUT2D eigenvalue weighted by molar-refractivity contribution is 6.30. The van der Waals surface area contributed by atoms with E-state index in [1.807, 2.05) is 6.07 Å². The van der Waals surface area contributed by atoms with Crippen LogP contribution in [0, 0.1) is 0 Å². The Kier molecular flexibility index (Phi) is 7.83. The molecule has 4 heteroatoms. The molecule has 3 aromatic carbocycles. The molecule has 0 amide bonds. The molecule has 2 heterocycles. The lowest BCUT2D eigenvalue weighted by Crippen LogP contribution is -2.34. The Hall–Kier alpha value is -3.14. The van der Waals surface area contributed by atoms with Crippen molar-refractivity contribution in [3.05, 3.63) is 107 Å². The summed E-state index contributed by atoms with van der Waals surface area (Å²) in [4.78, 5) is 2.34. The van der Waals surface area contributed by atoms with Gasteiger partial charge >= 0.3 is 0 Å². The molecule has 0 aromatic heterocycles. The van der Waals surface area contributed by atoms with E-state index in [0.717, 1.165) is 24.4 Å². The van der Waals surface area contributed by atoms with E-state index < -0.39 is 0 Å². The van der Waals surface area contributed by atoms with Crippen LogP contribution < -0.4 is 4.90 Å². The standard InChI is InChI=1S/C36H42ClN2O/c1-8-9-23-38-30-22-20-27(37)24-29(30)35(3,4)32(38)17-11-10-12-18-33-36(5,6)34-28-16-14-13-15-26(28)19-21-31(34)39(33)25(2)40-7/h10-22,24-25H,8-9,23H2,1-7H3/q+1. The first-order valence-corrected chi connectivity index (χ1v) is 14.9. The maximum atomic E-state index is 6.42. The number of rotatable bonds is 8. The molecular weight excluding hydrogens is 512 g/mol. The third-order valence-electron chi connectivity index (χ3n) is 8.72. The third-order valence-corrected chi connectivity index (χ3v) is 8.95. The fourth-order valence-corrected chi connectivity index (χ4v) is 6.70. The van der Waals surface area contributed by atoms with E-state index in [-0.39, 0.29) is 17.1 Å². The predicted octanol–water partition coefficient (Wildman–Crippen LogP) is 9.46. The second kappa shape index (κ2) is 11.0. The first kappa shape index (κ1) is 28.4. The average molecular weight is 554 g/mol. The van der Waals surface area contributed by atoms with Crippen LogP contribution in [-0.2, 0) is 15.6 Å². The summed E-state index contributed by atoms with van der Waals surface area (Å²) in [6.07, 6.45) is 13.2. The molecular formula is C36H42ClN2O+. The van der Waals surface area contributed by atoms with E-state index in [0.29, 0.717) is 0 Å². The van der Waals surface area contributed by atoms with Gasteiger partial charge in [-0.15, -0.1) is 0 Å². The van der Waals surface area contributed by atoms with Crippen LogP contribution in [-0.4, -0.2) is 30.2 Å². The molecule has 0 aliphatic carbocycles. The third kappa shape index (κ3) is 4.74. The zero-order valence-corrected chi connectivity index (χ0v) is 25.7. The van der Waals surface area contributed by atoms with Gasteiger partial charge in [0.2, 0.25) is 5.69 Å². The van der Waals surface area contributed by atoms with E-state index in [2.05, 4.69) is 130 Å². The van der Waals surface area contributed by atoms with Crippen molar-refractivity contribution in [2.75, 3.05) is 18.6 Å². The first-order chi connectivity index (χ1) is 19.1. The number of allylic oxidation sites excluding steroid dienone is 6. The quantitative estimate of drug-likeness (QED) is 0.204. The Morgan fingerprint density at radius 2 is 1.75 bits per heavy atom. The highest BCUT2D eigenvalue weighted by Gasteiger charge is 2.44. The van der Waals surface area contributed by atoms with Crippen LogP contribution in [0.4, 0.5) is 11.4 Å². The number of fused-ring (bicyclic) bond motifs is 4. The van der Waals surface area contributed by atoms with Crippen LogP contribution in [0.2, 0.25) is 5.02 Å². The summed E-state index contributed by atoms with van der Waals surface area (Å²) in [6.45, 7) is 14.6. The molecule has 1 unspecified atom stereocenters. The Bertz CT molecular complexity index is 1560. The average Bonchev–Trinajstić information content (AvgIpc) is 3.29. The number of ether oxygens (including phenoxy) is 1. The van der Waals surface area contributed by atoms with Crippen LogP contribution in [0.15, 0.2) is 90.7 Å². The van der Waals surface area contributed by atoms with Gasteiger partial charge in [-0.05, 0) is 61.4 Å². The molecule has 0 bridgehead atoms. The molecule has 0 fully saturated rings. The van der Waals surface area contributed by atoms with E-state index in [1.165, 1.54) is 44.7 Å². The topological polar surface area (TPSA) is 15.5 Å². The molecule has 0 saturated heterocycles. The summed E-state index contributed by atoms with van der Waals surface area (Å²) in [7, 11) is 1.78. The van der Waals surface area contributed by atoms with Gasteiger partial charge in [0, 0.05) is 53.1 Å². The van der Waals surface area contributed by atoms with Gasteiger partial charge in [-0.1, -0.05) is 87.4 Å². The highest BCUT2D eigenvalue weighted by atomic mass is 35.5. The summed E-state index contributed by atoms with van der Waals surface area (Å²) in [5, 5.41) is 3.37. The van der Waals surface area contributed by atoms with Gasteiger partial charge in [-0.3, -0.25) is 0 Å². The zero-order valence-electron chi connectivity index (χ0n) is 25.0. The van der Waals surface area contributed by atoms with Crippen LogP contribution in [0.3, 0.4) is 0 Å². The maximum Gasteiger partial charge on any atom is 0.209 e. The molecule has 40 heavy (non-hydrogen) atoms. The largest absolute Gasteiger partial charge is 0.362 e. The number of nitrogens with zero attached hydrogens (tertiary/aromatic N) is 2. The summed E-state index contributed by atoms with van der Waals surface area (Å²) in [5.41, 5.74) is 7.41. The second-order valence-electron chi connectivity index (χ2n) is 12.0. The number of hydrogen-bond acceptors (Lipinski definition) is 2. The number of hydrogen-bond donors (Lipinski definition) is 0. The Balaban J connectivity index is 1.50. The lowest BCUT2D eigenvalue weighted by Gasteiger charge is -2.31. The summed E-state index contributed by atoms with van der Waals surface area (Å²) in [6, 6.07) is 19.4. The minimum Gasteiger partial charge on any atom is -0.362 e. The smallest absolute Gasteiger partial charge is 0.209 e. The van der Waals surface area contributed by atoms with Crippen LogP contribution in [0.5, 0.6) is 0 Å². The van der Waals surface area contributed by atoms with Crippen LogP contribution >= 0.6 is 11.6 Å². The molecule has 0 saturated carbocycles. The van der Waals surface area contributed by atoms with Gasteiger partial charge in [-0.2, -0.15) is 4.58 Å². The van der Waals surface area contributed by atoms with Crippen molar-refractivity contribution in [1.29, 1.82) is 0 Å². The predicted molar refractivity (Wildman–Crippen MR) is 171 cm³/mol. The van der Waals surface area contributed by atoms with E-state index in [1.54, 1.807) is 7.11 Å². The van der Waals surface area contributed by atoms with E-state index in [9.17, 15) is 0 Å². The summed E-state index contributed by atoms with van der Waals surface area (Å²) < 4.78 is 8.33. The van der Waals surface area contributed by atoms with Gasteiger partial charge in [0.1, 0.15) is 12.8 Å². The Labute approximate surface area is 245 Å². The monoisotopic (exact) mass is 553 g/mol. The zero-order chi connectivity index (χ0) is 28.7. The number of benzene rings is 3. The number of methoxy groups -OCH3 is 1. The van der Waals surface area contributed by atoms with Crippen LogP contribution in [0.25, 0.3) is 10.8 Å². The molecule has 1 atom stereocenters.